The van der Waals surface area contributed by atoms with Crippen LogP contribution in [0.2, 0.25) is 0 Å². The first-order valence-electron chi connectivity index (χ1n) is 9.54. The summed E-state index contributed by atoms with van der Waals surface area (Å²) in [6, 6.07) is 2.25. The van der Waals surface area contributed by atoms with Crippen LogP contribution in [0.15, 0.2) is 6.07 Å². The standard InChI is InChI=1S/C19H33N5/c1-19(2,3)18-21-16(15-6-7-15)14-17(22-18)24-12-10-23(11-13-24)9-5-4-8-20/h14-15H,4-13,20H2,1-3H3. The molecule has 0 radical (unpaired) electrons. The molecule has 2 heterocycles. The lowest BCUT2D eigenvalue weighted by Crippen LogP contribution is -2.47. The lowest BCUT2D eigenvalue weighted by atomic mass is 9.95. The van der Waals surface area contributed by atoms with Crippen molar-refractivity contribution in [1.29, 1.82) is 0 Å². The average molecular weight is 332 g/mol. The molecule has 134 valence electrons. The number of anilines is 1. The fraction of sp³-hybridized carbons (Fsp3) is 0.789. The third-order valence-corrected chi connectivity index (χ3v) is 5.02. The normalized spacial score (nSPS) is 19.8. The predicted molar refractivity (Wildman–Crippen MR) is 99.6 cm³/mol. The summed E-state index contributed by atoms with van der Waals surface area (Å²) in [5.41, 5.74) is 6.86. The lowest BCUT2D eigenvalue weighted by Gasteiger charge is -2.36. The van der Waals surface area contributed by atoms with Gasteiger partial charge in [-0.15, -0.1) is 0 Å². The molecular weight excluding hydrogens is 298 g/mol. The molecule has 5 heteroatoms. The summed E-state index contributed by atoms with van der Waals surface area (Å²) >= 11 is 0. The van der Waals surface area contributed by atoms with E-state index in [2.05, 4.69) is 36.6 Å². The highest BCUT2D eigenvalue weighted by molar-refractivity contribution is 5.42. The van der Waals surface area contributed by atoms with Crippen LogP contribution in [0.5, 0.6) is 0 Å². The van der Waals surface area contributed by atoms with Crippen molar-refractivity contribution in [2.75, 3.05) is 44.2 Å². The Morgan fingerprint density at radius 2 is 1.79 bits per heavy atom. The molecule has 2 fully saturated rings. The van der Waals surface area contributed by atoms with Gasteiger partial charge in [0.1, 0.15) is 11.6 Å². The molecule has 24 heavy (non-hydrogen) atoms. The van der Waals surface area contributed by atoms with Gasteiger partial charge in [-0.3, -0.25) is 4.90 Å². The Morgan fingerprint density at radius 1 is 1.08 bits per heavy atom. The average Bonchev–Trinajstić information content (AvgIpc) is 3.39. The largest absolute Gasteiger partial charge is 0.354 e. The van der Waals surface area contributed by atoms with Crippen LogP contribution < -0.4 is 10.6 Å². The fourth-order valence-corrected chi connectivity index (χ4v) is 3.22. The van der Waals surface area contributed by atoms with Crippen molar-refractivity contribution in [1.82, 2.24) is 14.9 Å². The van der Waals surface area contributed by atoms with E-state index in [-0.39, 0.29) is 5.41 Å². The first-order chi connectivity index (χ1) is 11.5. The summed E-state index contributed by atoms with van der Waals surface area (Å²) in [4.78, 5) is 14.8. The number of unbranched alkanes of at least 4 members (excludes halogenated alkanes) is 1. The highest BCUT2D eigenvalue weighted by Gasteiger charge is 2.29. The smallest absolute Gasteiger partial charge is 0.136 e. The monoisotopic (exact) mass is 331 g/mol. The minimum Gasteiger partial charge on any atom is -0.354 e. The first-order valence-corrected chi connectivity index (χ1v) is 9.54. The van der Waals surface area contributed by atoms with Crippen LogP contribution in [0.4, 0.5) is 5.82 Å². The fourth-order valence-electron chi connectivity index (χ4n) is 3.22. The number of nitrogens with two attached hydrogens (primary N) is 1. The number of nitrogens with zero attached hydrogens (tertiary/aromatic N) is 4. The van der Waals surface area contributed by atoms with Gasteiger partial charge in [0.2, 0.25) is 0 Å². The molecule has 0 aromatic carbocycles. The van der Waals surface area contributed by atoms with Crippen LogP contribution in [0.1, 0.15) is 63.9 Å². The molecular formula is C19H33N5. The number of piperazine rings is 1. The Balaban J connectivity index is 1.67. The second kappa shape index (κ2) is 7.36. The molecule has 1 saturated heterocycles. The van der Waals surface area contributed by atoms with Gasteiger partial charge in [-0.05, 0) is 38.8 Å². The van der Waals surface area contributed by atoms with Gasteiger partial charge in [0.15, 0.2) is 0 Å². The first kappa shape index (κ1) is 17.6. The molecule has 1 aromatic heterocycles. The van der Waals surface area contributed by atoms with Crippen molar-refractivity contribution in [3.63, 3.8) is 0 Å². The molecule has 0 unspecified atom stereocenters. The van der Waals surface area contributed by atoms with E-state index >= 15 is 0 Å². The summed E-state index contributed by atoms with van der Waals surface area (Å²) in [6.45, 7) is 13.0. The third kappa shape index (κ3) is 4.45. The maximum atomic E-state index is 5.59. The van der Waals surface area contributed by atoms with E-state index in [0.29, 0.717) is 5.92 Å². The van der Waals surface area contributed by atoms with Crippen molar-refractivity contribution < 1.29 is 0 Å². The number of rotatable bonds is 6. The summed E-state index contributed by atoms with van der Waals surface area (Å²) in [7, 11) is 0. The van der Waals surface area contributed by atoms with E-state index < -0.39 is 0 Å². The maximum absolute atomic E-state index is 5.59. The Hall–Kier alpha value is -1.20. The number of hydrogen-bond donors (Lipinski definition) is 1. The third-order valence-electron chi connectivity index (χ3n) is 5.02. The molecule has 1 saturated carbocycles. The van der Waals surface area contributed by atoms with Crippen LogP contribution in [-0.4, -0.2) is 54.1 Å². The van der Waals surface area contributed by atoms with Crippen LogP contribution in [0.3, 0.4) is 0 Å². The van der Waals surface area contributed by atoms with Gasteiger partial charge < -0.3 is 10.6 Å². The van der Waals surface area contributed by atoms with E-state index in [1.165, 1.54) is 31.5 Å². The number of aromatic nitrogens is 2. The topological polar surface area (TPSA) is 58.3 Å². The summed E-state index contributed by atoms with van der Waals surface area (Å²) in [5.74, 6) is 2.80. The van der Waals surface area contributed by atoms with Gasteiger partial charge in [-0.1, -0.05) is 20.8 Å². The summed E-state index contributed by atoms with van der Waals surface area (Å²) < 4.78 is 0. The Morgan fingerprint density at radius 3 is 2.38 bits per heavy atom. The molecule has 0 bridgehead atoms. The molecule has 5 nitrogen and oxygen atoms in total. The zero-order chi connectivity index (χ0) is 17.2. The van der Waals surface area contributed by atoms with Crippen LogP contribution >= 0.6 is 0 Å². The van der Waals surface area contributed by atoms with Crippen molar-refractivity contribution in [2.24, 2.45) is 5.73 Å². The van der Waals surface area contributed by atoms with Gasteiger partial charge >= 0.3 is 0 Å². The highest BCUT2D eigenvalue weighted by Crippen LogP contribution is 2.40. The van der Waals surface area contributed by atoms with Crippen molar-refractivity contribution in [3.05, 3.63) is 17.6 Å². The Bertz CT molecular complexity index is 539. The lowest BCUT2D eigenvalue weighted by molar-refractivity contribution is 0.253. The molecule has 3 rings (SSSR count). The Labute approximate surface area is 146 Å². The molecule has 2 aliphatic rings. The van der Waals surface area contributed by atoms with E-state index in [1.807, 2.05) is 0 Å². The van der Waals surface area contributed by atoms with Crippen molar-refractivity contribution in [3.8, 4) is 0 Å². The molecule has 0 spiro atoms. The molecule has 1 aliphatic carbocycles. The van der Waals surface area contributed by atoms with Crippen LogP contribution in [0.25, 0.3) is 0 Å². The zero-order valence-electron chi connectivity index (χ0n) is 15.6. The zero-order valence-corrected chi connectivity index (χ0v) is 15.6. The van der Waals surface area contributed by atoms with Gasteiger partial charge in [-0.2, -0.15) is 0 Å². The van der Waals surface area contributed by atoms with E-state index in [4.69, 9.17) is 15.7 Å². The van der Waals surface area contributed by atoms with Crippen LogP contribution in [0, 0.1) is 0 Å². The summed E-state index contributed by atoms with van der Waals surface area (Å²) in [5, 5.41) is 0. The minimum atomic E-state index is 0.00367. The molecule has 2 N–H and O–H groups in total. The number of hydrogen-bond acceptors (Lipinski definition) is 5. The Kier molecular flexibility index (Phi) is 5.40. The molecule has 0 amide bonds. The van der Waals surface area contributed by atoms with Gasteiger partial charge in [0.25, 0.3) is 0 Å². The molecule has 1 aliphatic heterocycles. The van der Waals surface area contributed by atoms with E-state index in [9.17, 15) is 0 Å². The summed E-state index contributed by atoms with van der Waals surface area (Å²) in [6.07, 6.45) is 4.92. The predicted octanol–water partition coefficient (Wildman–Crippen LogP) is 2.51. The van der Waals surface area contributed by atoms with Gasteiger partial charge in [-0.25, -0.2) is 9.97 Å². The van der Waals surface area contributed by atoms with Gasteiger partial charge in [0.05, 0.1) is 0 Å². The SMILES string of the molecule is CC(C)(C)c1nc(C2CC2)cc(N2CCN(CCCCN)CC2)n1. The van der Waals surface area contributed by atoms with E-state index in [1.54, 1.807) is 0 Å². The quantitative estimate of drug-likeness (QED) is 0.812. The van der Waals surface area contributed by atoms with E-state index in [0.717, 1.165) is 50.8 Å². The minimum absolute atomic E-state index is 0.00367. The maximum Gasteiger partial charge on any atom is 0.136 e. The van der Waals surface area contributed by atoms with Crippen LogP contribution in [-0.2, 0) is 5.41 Å². The van der Waals surface area contributed by atoms with Crippen molar-refractivity contribution >= 4 is 5.82 Å². The highest BCUT2D eigenvalue weighted by atomic mass is 15.3. The van der Waals surface area contributed by atoms with Gasteiger partial charge in [0, 0.05) is 49.3 Å². The second-order valence-electron chi connectivity index (χ2n) is 8.32. The molecule has 0 atom stereocenters. The molecule has 1 aromatic rings. The van der Waals surface area contributed by atoms with Crippen molar-refractivity contribution in [2.45, 2.75) is 57.8 Å². The second-order valence-corrected chi connectivity index (χ2v) is 8.32.